The Labute approximate surface area is 160 Å². The summed E-state index contributed by atoms with van der Waals surface area (Å²) < 4.78 is 0. The Morgan fingerprint density at radius 3 is 2.88 bits per heavy atom. The maximum absolute atomic E-state index is 12.8. The van der Waals surface area contributed by atoms with Crippen molar-refractivity contribution < 1.29 is 4.79 Å². The van der Waals surface area contributed by atoms with Crippen LogP contribution < -0.4 is 10.6 Å². The van der Waals surface area contributed by atoms with Gasteiger partial charge in [0.2, 0.25) is 0 Å². The molecule has 3 heterocycles. The number of amides is 1. The molecule has 0 unspecified atom stereocenters. The Morgan fingerprint density at radius 1 is 1.31 bits per heavy atom. The largest absolute Gasteiger partial charge is 0.382 e. The third-order valence-electron chi connectivity index (χ3n) is 5.18. The van der Waals surface area contributed by atoms with E-state index >= 15 is 0 Å². The zero-order valence-electron chi connectivity index (χ0n) is 15.0. The molecule has 0 atom stereocenters. The van der Waals surface area contributed by atoms with Crippen LogP contribution in [-0.2, 0) is 13.0 Å². The number of H-pyrrole nitrogens is 1. The number of carbonyl (C=O) groups is 1. The predicted molar refractivity (Wildman–Crippen MR) is 105 cm³/mol. The van der Waals surface area contributed by atoms with Crippen LogP contribution in [0.25, 0.3) is 0 Å². The van der Waals surface area contributed by atoms with E-state index in [0.29, 0.717) is 11.7 Å². The van der Waals surface area contributed by atoms with E-state index in [1.54, 1.807) is 0 Å². The minimum Gasteiger partial charge on any atom is -0.382 e. The summed E-state index contributed by atoms with van der Waals surface area (Å²) in [5.41, 5.74) is 5.19. The Balaban J connectivity index is 0.00000196. The molecule has 1 saturated heterocycles. The summed E-state index contributed by atoms with van der Waals surface area (Å²) in [5, 5.41) is 14.3. The van der Waals surface area contributed by atoms with Crippen molar-refractivity contribution >= 4 is 24.0 Å². The number of aryl methyl sites for hydroxylation is 1. The highest BCUT2D eigenvalue weighted by molar-refractivity contribution is 5.94. The second kappa shape index (κ2) is 8.10. The minimum atomic E-state index is 0. The highest BCUT2D eigenvalue weighted by atomic mass is 35.5. The highest BCUT2D eigenvalue weighted by Gasteiger charge is 2.28. The number of halogens is 1. The van der Waals surface area contributed by atoms with Gasteiger partial charge in [0.15, 0.2) is 5.69 Å². The number of fused-ring (bicyclic) bond motifs is 1. The molecule has 3 N–H and O–H groups in total. The maximum Gasteiger partial charge on any atom is 0.274 e. The topological polar surface area (TPSA) is 73.0 Å². The van der Waals surface area contributed by atoms with Gasteiger partial charge in [-0.15, -0.1) is 12.4 Å². The number of anilines is 1. The summed E-state index contributed by atoms with van der Waals surface area (Å²) in [6, 6.07) is 8.87. The van der Waals surface area contributed by atoms with Crippen LogP contribution in [0.2, 0.25) is 0 Å². The van der Waals surface area contributed by atoms with E-state index in [1.807, 2.05) is 4.90 Å². The Hall–Kier alpha value is -2.05. The van der Waals surface area contributed by atoms with Gasteiger partial charge in [-0.3, -0.25) is 9.89 Å². The Kier molecular flexibility index (Phi) is 5.84. The third-order valence-corrected chi connectivity index (χ3v) is 5.18. The zero-order chi connectivity index (χ0) is 17.2. The lowest BCUT2D eigenvalue weighted by Gasteiger charge is -2.32. The van der Waals surface area contributed by atoms with Crippen molar-refractivity contribution in [3.8, 4) is 0 Å². The molecule has 6 nitrogen and oxygen atoms in total. The fraction of sp³-hybridized carbons (Fsp3) is 0.474. The van der Waals surface area contributed by atoms with Gasteiger partial charge in [-0.2, -0.15) is 5.10 Å². The number of piperidine rings is 1. The molecule has 2 aliphatic heterocycles. The molecule has 1 aromatic carbocycles. The summed E-state index contributed by atoms with van der Waals surface area (Å²) in [6.07, 6.45) is 2.84. The van der Waals surface area contributed by atoms with Gasteiger partial charge in [0.1, 0.15) is 0 Å². The lowest BCUT2D eigenvalue weighted by molar-refractivity contribution is 0.0711. The zero-order valence-corrected chi connectivity index (χ0v) is 15.9. The summed E-state index contributed by atoms with van der Waals surface area (Å²) in [6.45, 7) is 5.33. The number of hydrogen-bond donors (Lipinski definition) is 3. The number of carbonyl (C=O) groups excluding carboxylic acids is 1. The average Bonchev–Trinajstić information content (AvgIpc) is 3.06. The fourth-order valence-electron chi connectivity index (χ4n) is 3.75. The molecule has 1 amide bonds. The molecule has 4 rings (SSSR count). The first kappa shape index (κ1) is 18.7. The lowest BCUT2D eigenvalue weighted by Crippen LogP contribution is -2.43. The van der Waals surface area contributed by atoms with E-state index in [0.717, 1.165) is 62.4 Å². The Bertz CT molecular complexity index is 767. The van der Waals surface area contributed by atoms with E-state index in [-0.39, 0.29) is 18.3 Å². The minimum absolute atomic E-state index is 0. The number of likely N-dealkylation sites (tertiary alicyclic amines) is 1. The summed E-state index contributed by atoms with van der Waals surface area (Å²) >= 11 is 0. The van der Waals surface area contributed by atoms with Crippen molar-refractivity contribution in [3.05, 3.63) is 46.8 Å². The first-order valence-corrected chi connectivity index (χ1v) is 9.10. The lowest BCUT2D eigenvalue weighted by atomic mass is 10.0. The van der Waals surface area contributed by atoms with Crippen LogP contribution in [0.1, 0.15) is 40.2 Å². The number of rotatable bonds is 3. The normalized spacial score (nSPS) is 17.3. The van der Waals surface area contributed by atoms with Gasteiger partial charge in [-0.05, 0) is 37.5 Å². The summed E-state index contributed by atoms with van der Waals surface area (Å²) in [7, 11) is 0. The Morgan fingerprint density at radius 2 is 2.12 bits per heavy atom. The molecule has 0 spiro atoms. The van der Waals surface area contributed by atoms with E-state index in [2.05, 4.69) is 52.0 Å². The number of aromatic amines is 1. The second-order valence-electron chi connectivity index (χ2n) is 7.04. The van der Waals surface area contributed by atoms with Crippen molar-refractivity contribution in [2.24, 2.45) is 0 Å². The van der Waals surface area contributed by atoms with Crippen LogP contribution in [0, 0.1) is 6.92 Å². The van der Waals surface area contributed by atoms with Gasteiger partial charge in [-0.25, -0.2) is 0 Å². The van der Waals surface area contributed by atoms with Crippen LogP contribution in [0.3, 0.4) is 0 Å². The summed E-state index contributed by atoms with van der Waals surface area (Å²) in [5.74, 6) is 0.0650. The van der Waals surface area contributed by atoms with E-state index < -0.39 is 0 Å². The van der Waals surface area contributed by atoms with Crippen LogP contribution >= 0.6 is 12.4 Å². The quantitative estimate of drug-likeness (QED) is 0.770. The molecule has 0 bridgehead atoms. The molecule has 7 heteroatoms. The van der Waals surface area contributed by atoms with Gasteiger partial charge < -0.3 is 15.5 Å². The van der Waals surface area contributed by atoms with Gasteiger partial charge in [0, 0.05) is 55.6 Å². The van der Waals surface area contributed by atoms with Crippen molar-refractivity contribution in [3.63, 3.8) is 0 Å². The van der Waals surface area contributed by atoms with Gasteiger partial charge >= 0.3 is 0 Å². The highest BCUT2D eigenvalue weighted by Crippen LogP contribution is 2.21. The van der Waals surface area contributed by atoms with Crippen molar-refractivity contribution in [1.82, 2.24) is 20.4 Å². The molecule has 140 valence electrons. The monoisotopic (exact) mass is 375 g/mol. The molecular formula is C19H26ClN5O. The van der Waals surface area contributed by atoms with Gasteiger partial charge in [-0.1, -0.05) is 12.1 Å². The van der Waals surface area contributed by atoms with Crippen LogP contribution in [0.4, 0.5) is 5.69 Å². The van der Waals surface area contributed by atoms with E-state index in [1.165, 1.54) is 5.56 Å². The van der Waals surface area contributed by atoms with Crippen LogP contribution in [0.15, 0.2) is 24.3 Å². The van der Waals surface area contributed by atoms with Crippen LogP contribution in [0.5, 0.6) is 0 Å². The molecule has 0 radical (unpaired) electrons. The van der Waals surface area contributed by atoms with Crippen LogP contribution in [-0.4, -0.2) is 46.7 Å². The smallest absolute Gasteiger partial charge is 0.274 e. The third kappa shape index (κ3) is 3.86. The number of benzene rings is 1. The number of hydrogen-bond acceptors (Lipinski definition) is 4. The molecule has 2 aromatic rings. The van der Waals surface area contributed by atoms with Crippen molar-refractivity contribution in [1.29, 1.82) is 0 Å². The standard InChI is InChI=1S/C19H25N5O.ClH/c1-13-3-2-4-15(11-13)21-14-6-9-24(10-7-14)19(25)18-16-12-20-8-5-17(16)22-23-18;/h2-4,11,14,20-21H,5-10,12H2,1H3,(H,22,23);1H. The fourth-order valence-corrected chi connectivity index (χ4v) is 3.75. The summed E-state index contributed by atoms with van der Waals surface area (Å²) in [4.78, 5) is 14.8. The average molecular weight is 376 g/mol. The SMILES string of the molecule is Cc1cccc(NC2CCN(C(=O)c3n[nH]c4c3CNCC4)CC2)c1.Cl. The van der Waals surface area contributed by atoms with Gasteiger partial charge in [0.25, 0.3) is 5.91 Å². The second-order valence-corrected chi connectivity index (χ2v) is 7.04. The molecule has 1 fully saturated rings. The molecule has 2 aliphatic rings. The molecule has 1 aromatic heterocycles. The number of nitrogens with one attached hydrogen (secondary N) is 3. The maximum atomic E-state index is 12.8. The molecular weight excluding hydrogens is 350 g/mol. The first-order valence-electron chi connectivity index (χ1n) is 9.10. The number of nitrogens with zero attached hydrogens (tertiary/aromatic N) is 2. The molecule has 0 saturated carbocycles. The van der Waals surface area contributed by atoms with E-state index in [4.69, 9.17) is 0 Å². The molecule has 0 aliphatic carbocycles. The van der Waals surface area contributed by atoms with E-state index in [9.17, 15) is 4.79 Å². The van der Waals surface area contributed by atoms with Crippen molar-refractivity contribution in [2.45, 2.75) is 38.8 Å². The predicted octanol–water partition coefficient (Wildman–Crippen LogP) is 2.50. The van der Waals surface area contributed by atoms with Crippen molar-refractivity contribution in [2.75, 3.05) is 25.0 Å². The molecule has 26 heavy (non-hydrogen) atoms. The first-order chi connectivity index (χ1) is 12.2. The number of aromatic nitrogens is 2. The van der Waals surface area contributed by atoms with Gasteiger partial charge in [0.05, 0.1) is 0 Å².